The smallest absolute Gasteiger partial charge is 0.251 e. The van der Waals surface area contributed by atoms with Gasteiger partial charge in [0.1, 0.15) is 5.75 Å². The first-order valence-electron chi connectivity index (χ1n) is 7.41. The SMILES string of the molecule is COc1ccc(C(=O)NCC(C)CN2CCOCC2)cc1. The maximum Gasteiger partial charge on any atom is 0.251 e. The minimum Gasteiger partial charge on any atom is -0.497 e. The van der Waals surface area contributed by atoms with Crippen molar-refractivity contribution in [1.29, 1.82) is 0 Å². The Labute approximate surface area is 126 Å². The summed E-state index contributed by atoms with van der Waals surface area (Å²) in [6, 6.07) is 7.15. The van der Waals surface area contributed by atoms with Gasteiger partial charge < -0.3 is 14.8 Å². The minimum absolute atomic E-state index is 0.0357. The van der Waals surface area contributed by atoms with Crippen molar-refractivity contribution >= 4 is 5.91 Å². The number of benzene rings is 1. The van der Waals surface area contributed by atoms with Gasteiger partial charge in [-0.15, -0.1) is 0 Å². The molecule has 0 radical (unpaired) electrons. The third-order valence-corrected chi connectivity index (χ3v) is 3.64. The molecule has 0 spiro atoms. The van der Waals surface area contributed by atoms with Crippen molar-refractivity contribution in [2.75, 3.05) is 46.5 Å². The van der Waals surface area contributed by atoms with Gasteiger partial charge in [0.15, 0.2) is 0 Å². The van der Waals surface area contributed by atoms with Crippen molar-refractivity contribution < 1.29 is 14.3 Å². The van der Waals surface area contributed by atoms with Crippen LogP contribution in [0.1, 0.15) is 17.3 Å². The summed E-state index contributed by atoms with van der Waals surface area (Å²) in [6.07, 6.45) is 0. The van der Waals surface area contributed by atoms with Gasteiger partial charge >= 0.3 is 0 Å². The summed E-state index contributed by atoms with van der Waals surface area (Å²) in [5, 5.41) is 2.99. The van der Waals surface area contributed by atoms with Crippen LogP contribution >= 0.6 is 0 Å². The van der Waals surface area contributed by atoms with Crippen LogP contribution in [0.5, 0.6) is 5.75 Å². The molecule has 116 valence electrons. The summed E-state index contributed by atoms with van der Waals surface area (Å²) >= 11 is 0. The Hall–Kier alpha value is -1.59. The fourth-order valence-electron chi connectivity index (χ4n) is 2.40. The van der Waals surface area contributed by atoms with Gasteiger partial charge in [0.2, 0.25) is 0 Å². The number of hydrogen-bond acceptors (Lipinski definition) is 4. The molecule has 1 aromatic carbocycles. The predicted molar refractivity (Wildman–Crippen MR) is 81.8 cm³/mol. The van der Waals surface area contributed by atoms with Gasteiger partial charge in [0.25, 0.3) is 5.91 Å². The molecule has 1 aromatic rings. The molecule has 5 heteroatoms. The van der Waals surface area contributed by atoms with Crippen LogP contribution in [-0.4, -0.2) is 57.3 Å². The molecule has 1 aliphatic rings. The number of rotatable bonds is 6. The van der Waals surface area contributed by atoms with Crippen LogP contribution in [0.2, 0.25) is 0 Å². The van der Waals surface area contributed by atoms with E-state index in [9.17, 15) is 4.79 Å². The van der Waals surface area contributed by atoms with Gasteiger partial charge in [0.05, 0.1) is 20.3 Å². The maximum atomic E-state index is 12.1. The Morgan fingerprint density at radius 2 is 2.00 bits per heavy atom. The highest BCUT2D eigenvalue weighted by atomic mass is 16.5. The number of hydrogen-bond donors (Lipinski definition) is 1. The highest BCUT2D eigenvalue weighted by Crippen LogP contribution is 2.11. The number of nitrogens with one attached hydrogen (secondary N) is 1. The lowest BCUT2D eigenvalue weighted by Gasteiger charge is -2.29. The first-order chi connectivity index (χ1) is 10.2. The lowest BCUT2D eigenvalue weighted by atomic mass is 10.1. The normalized spacial score (nSPS) is 17.2. The number of amides is 1. The first kappa shape index (κ1) is 15.8. The van der Waals surface area contributed by atoms with Crippen LogP contribution in [0.15, 0.2) is 24.3 Å². The topological polar surface area (TPSA) is 50.8 Å². The van der Waals surface area contributed by atoms with Crippen LogP contribution in [0.4, 0.5) is 0 Å². The molecule has 1 aliphatic heterocycles. The monoisotopic (exact) mass is 292 g/mol. The average molecular weight is 292 g/mol. The molecular weight excluding hydrogens is 268 g/mol. The summed E-state index contributed by atoms with van der Waals surface area (Å²) in [6.45, 7) is 7.42. The van der Waals surface area contributed by atoms with Crippen LogP contribution < -0.4 is 10.1 Å². The van der Waals surface area contributed by atoms with Crippen molar-refractivity contribution in [1.82, 2.24) is 10.2 Å². The van der Waals surface area contributed by atoms with E-state index in [2.05, 4.69) is 17.1 Å². The quantitative estimate of drug-likeness (QED) is 0.861. The van der Waals surface area contributed by atoms with Crippen molar-refractivity contribution in [3.8, 4) is 5.75 Å². The average Bonchev–Trinajstić information content (AvgIpc) is 2.53. The van der Waals surface area contributed by atoms with Gasteiger partial charge in [-0.25, -0.2) is 0 Å². The summed E-state index contributed by atoms with van der Waals surface area (Å²) in [5.74, 6) is 1.14. The molecule has 0 aromatic heterocycles. The zero-order valence-corrected chi connectivity index (χ0v) is 12.8. The summed E-state index contributed by atoms with van der Waals surface area (Å²) in [5.41, 5.74) is 0.661. The number of ether oxygens (including phenoxy) is 2. The van der Waals surface area contributed by atoms with E-state index in [4.69, 9.17) is 9.47 Å². The fraction of sp³-hybridized carbons (Fsp3) is 0.562. The largest absolute Gasteiger partial charge is 0.497 e. The second kappa shape index (κ2) is 8.00. The van der Waals surface area contributed by atoms with Crippen LogP contribution in [0.25, 0.3) is 0 Å². The van der Waals surface area contributed by atoms with Crippen LogP contribution in [-0.2, 0) is 4.74 Å². The zero-order chi connectivity index (χ0) is 15.1. The molecule has 1 fully saturated rings. The van der Waals surface area contributed by atoms with E-state index in [1.807, 2.05) is 0 Å². The Balaban J connectivity index is 1.74. The zero-order valence-electron chi connectivity index (χ0n) is 12.8. The molecule has 1 atom stereocenters. The molecule has 1 saturated heterocycles. The van der Waals surface area contributed by atoms with Crippen molar-refractivity contribution in [3.63, 3.8) is 0 Å². The summed E-state index contributed by atoms with van der Waals surface area (Å²) < 4.78 is 10.4. The van der Waals surface area contributed by atoms with Crippen molar-refractivity contribution in [2.24, 2.45) is 5.92 Å². The maximum absolute atomic E-state index is 12.1. The van der Waals surface area contributed by atoms with E-state index in [0.717, 1.165) is 38.6 Å². The molecule has 2 rings (SSSR count). The standard InChI is InChI=1S/C16H24N2O3/c1-13(12-18-7-9-21-10-8-18)11-17-16(19)14-3-5-15(20-2)6-4-14/h3-6,13H,7-12H2,1-2H3,(H,17,19). The molecule has 1 heterocycles. The molecule has 1 unspecified atom stereocenters. The van der Waals surface area contributed by atoms with Crippen molar-refractivity contribution in [3.05, 3.63) is 29.8 Å². The van der Waals surface area contributed by atoms with Crippen LogP contribution in [0, 0.1) is 5.92 Å². The van der Waals surface area contributed by atoms with E-state index in [0.29, 0.717) is 18.0 Å². The van der Waals surface area contributed by atoms with Gasteiger partial charge in [-0.3, -0.25) is 9.69 Å². The highest BCUT2D eigenvalue weighted by Gasteiger charge is 2.14. The van der Waals surface area contributed by atoms with E-state index >= 15 is 0 Å². The van der Waals surface area contributed by atoms with Gasteiger partial charge in [-0.2, -0.15) is 0 Å². The van der Waals surface area contributed by atoms with E-state index in [1.165, 1.54) is 0 Å². The molecule has 0 saturated carbocycles. The lowest BCUT2D eigenvalue weighted by molar-refractivity contribution is 0.0317. The van der Waals surface area contributed by atoms with Gasteiger partial charge in [-0.1, -0.05) is 6.92 Å². The number of carbonyl (C=O) groups excluding carboxylic acids is 1. The molecule has 0 aliphatic carbocycles. The summed E-state index contributed by atoms with van der Waals surface area (Å²) in [4.78, 5) is 14.4. The molecule has 1 N–H and O–H groups in total. The Bertz CT molecular complexity index is 441. The van der Waals surface area contributed by atoms with E-state index in [-0.39, 0.29) is 5.91 Å². The predicted octanol–water partition coefficient (Wildman–Crippen LogP) is 1.39. The molecule has 21 heavy (non-hydrogen) atoms. The summed E-state index contributed by atoms with van der Waals surface area (Å²) in [7, 11) is 1.61. The van der Waals surface area contributed by atoms with Crippen molar-refractivity contribution in [2.45, 2.75) is 6.92 Å². The number of morpholine rings is 1. The Morgan fingerprint density at radius 1 is 1.33 bits per heavy atom. The van der Waals surface area contributed by atoms with Crippen LogP contribution in [0.3, 0.4) is 0 Å². The third-order valence-electron chi connectivity index (χ3n) is 3.64. The number of carbonyl (C=O) groups is 1. The second-order valence-corrected chi connectivity index (χ2v) is 5.46. The lowest BCUT2D eigenvalue weighted by Crippen LogP contribution is -2.41. The molecule has 1 amide bonds. The fourth-order valence-corrected chi connectivity index (χ4v) is 2.40. The minimum atomic E-state index is -0.0357. The molecule has 0 bridgehead atoms. The Morgan fingerprint density at radius 3 is 2.62 bits per heavy atom. The van der Waals surface area contributed by atoms with E-state index in [1.54, 1.807) is 31.4 Å². The molecular formula is C16H24N2O3. The third kappa shape index (κ3) is 5.02. The highest BCUT2D eigenvalue weighted by molar-refractivity contribution is 5.94. The second-order valence-electron chi connectivity index (χ2n) is 5.46. The number of methoxy groups -OCH3 is 1. The molecule has 5 nitrogen and oxygen atoms in total. The van der Waals surface area contributed by atoms with Gasteiger partial charge in [-0.05, 0) is 30.2 Å². The Kier molecular flexibility index (Phi) is 6.02. The first-order valence-corrected chi connectivity index (χ1v) is 7.41. The van der Waals surface area contributed by atoms with E-state index < -0.39 is 0 Å². The number of nitrogens with zero attached hydrogens (tertiary/aromatic N) is 1. The van der Waals surface area contributed by atoms with Gasteiger partial charge in [0, 0.05) is 31.7 Å².